The molecule has 66 valence electrons. The number of thiophene rings is 1. The molecule has 1 unspecified atom stereocenters. The lowest BCUT2D eigenvalue weighted by atomic mass is 10.3. The molecule has 1 atom stereocenters. The van der Waals surface area contributed by atoms with Gasteiger partial charge in [0.25, 0.3) is 0 Å². The molecule has 0 amide bonds. The second kappa shape index (κ2) is 3.56. The average molecular weight is 184 g/mol. The standard InChI is InChI=1S/C9H12O2S/c1-7-2-3-9(12-7)8-6-10-4-5-11-8/h2-3,8H,4-6H2,1H3. The van der Waals surface area contributed by atoms with Crippen molar-refractivity contribution in [2.75, 3.05) is 19.8 Å². The van der Waals surface area contributed by atoms with Crippen LogP contribution in [0.15, 0.2) is 12.1 Å². The van der Waals surface area contributed by atoms with Gasteiger partial charge < -0.3 is 9.47 Å². The zero-order valence-electron chi connectivity index (χ0n) is 7.08. The molecular formula is C9H12O2S. The summed E-state index contributed by atoms with van der Waals surface area (Å²) in [6.07, 6.45) is 0.178. The number of ether oxygens (including phenoxy) is 2. The Morgan fingerprint density at radius 2 is 2.33 bits per heavy atom. The minimum Gasteiger partial charge on any atom is -0.376 e. The van der Waals surface area contributed by atoms with E-state index >= 15 is 0 Å². The summed E-state index contributed by atoms with van der Waals surface area (Å²) >= 11 is 1.79. The molecule has 3 heteroatoms. The van der Waals surface area contributed by atoms with Crippen LogP contribution in [0.4, 0.5) is 0 Å². The molecule has 12 heavy (non-hydrogen) atoms. The van der Waals surface area contributed by atoms with E-state index in [0.29, 0.717) is 6.61 Å². The van der Waals surface area contributed by atoms with E-state index in [4.69, 9.17) is 9.47 Å². The van der Waals surface area contributed by atoms with Crippen molar-refractivity contribution in [3.8, 4) is 0 Å². The predicted octanol–water partition coefficient (Wildman–Crippen LogP) is 2.14. The van der Waals surface area contributed by atoms with Crippen LogP contribution < -0.4 is 0 Å². The van der Waals surface area contributed by atoms with E-state index in [0.717, 1.165) is 13.2 Å². The summed E-state index contributed by atoms with van der Waals surface area (Å²) in [6, 6.07) is 4.25. The maximum atomic E-state index is 5.56. The van der Waals surface area contributed by atoms with Crippen molar-refractivity contribution in [1.82, 2.24) is 0 Å². The zero-order chi connectivity index (χ0) is 8.39. The monoisotopic (exact) mass is 184 g/mol. The van der Waals surface area contributed by atoms with E-state index in [-0.39, 0.29) is 6.10 Å². The highest BCUT2D eigenvalue weighted by Gasteiger charge is 2.17. The summed E-state index contributed by atoms with van der Waals surface area (Å²) in [4.78, 5) is 2.62. The Bertz CT molecular complexity index is 251. The highest BCUT2D eigenvalue weighted by Crippen LogP contribution is 2.27. The number of rotatable bonds is 1. The highest BCUT2D eigenvalue weighted by atomic mass is 32.1. The Labute approximate surface area is 76.1 Å². The Balaban J connectivity index is 2.08. The Morgan fingerprint density at radius 3 is 2.92 bits per heavy atom. The van der Waals surface area contributed by atoms with E-state index in [1.54, 1.807) is 11.3 Å². The lowest BCUT2D eigenvalue weighted by molar-refractivity contribution is -0.0887. The molecule has 0 saturated carbocycles. The van der Waals surface area contributed by atoms with Gasteiger partial charge in [-0.05, 0) is 19.1 Å². The fourth-order valence-corrected chi connectivity index (χ4v) is 2.19. The minimum atomic E-state index is 0.178. The fraction of sp³-hybridized carbons (Fsp3) is 0.556. The van der Waals surface area contributed by atoms with Crippen LogP contribution in [0.2, 0.25) is 0 Å². The molecule has 0 aliphatic carbocycles. The van der Waals surface area contributed by atoms with Crippen molar-refractivity contribution < 1.29 is 9.47 Å². The van der Waals surface area contributed by atoms with Crippen LogP contribution in [-0.2, 0) is 9.47 Å². The van der Waals surface area contributed by atoms with Crippen LogP contribution in [0.25, 0.3) is 0 Å². The van der Waals surface area contributed by atoms with E-state index in [2.05, 4.69) is 19.1 Å². The zero-order valence-corrected chi connectivity index (χ0v) is 7.89. The molecule has 1 aliphatic rings. The van der Waals surface area contributed by atoms with E-state index < -0.39 is 0 Å². The Hall–Kier alpha value is -0.380. The third-order valence-corrected chi connectivity index (χ3v) is 2.99. The van der Waals surface area contributed by atoms with Gasteiger partial charge in [0.1, 0.15) is 6.10 Å². The van der Waals surface area contributed by atoms with Crippen molar-refractivity contribution in [3.05, 3.63) is 21.9 Å². The van der Waals surface area contributed by atoms with Crippen LogP contribution in [0.1, 0.15) is 15.9 Å². The van der Waals surface area contributed by atoms with Crippen LogP contribution in [0, 0.1) is 6.92 Å². The quantitative estimate of drug-likeness (QED) is 0.665. The molecule has 0 radical (unpaired) electrons. The summed E-state index contributed by atoms with van der Waals surface area (Å²) in [7, 11) is 0. The first-order valence-electron chi connectivity index (χ1n) is 4.12. The van der Waals surface area contributed by atoms with Gasteiger partial charge in [0.2, 0.25) is 0 Å². The number of hydrogen-bond donors (Lipinski definition) is 0. The topological polar surface area (TPSA) is 18.5 Å². The molecule has 0 spiro atoms. The summed E-state index contributed by atoms with van der Waals surface area (Å²) in [5.41, 5.74) is 0. The smallest absolute Gasteiger partial charge is 0.115 e. The summed E-state index contributed by atoms with van der Waals surface area (Å²) in [5, 5.41) is 0. The van der Waals surface area contributed by atoms with Gasteiger partial charge in [-0.2, -0.15) is 0 Å². The highest BCUT2D eigenvalue weighted by molar-refractivity contribution is 7.12. The van der Waals surface area contributed by atoms with Crippen LogP contribution in [0.3, 0.4) is 0 Å². The Kier molecular flexibility index (Phi) is 2.44. The first kappa shape index (κ1) is 8.23. The van der Waals surface area contributed by atoms with Crippen LogP contribution in [0.5, 0.6) is 0 Å². The van der Waals surface area contributed by atoms with E-state index in [1.165, 1.54) is 9.75 Å². The van der Waals surface area contributed by atoms with Gasteiger partial charge in [0, 0.05) is 9.75 Å². The lowest BCUT2D eigenvalue weighted by Crippen LogP contribution is -2.21. The van der Waals surface area contributed by atoms with E-state index in [9.17, 15) is 0 Å². The van der Waals surface area contributed by atoms with Gasteiger partial charge in [-0.15, -0.1) is 11.3 Å². The molecule has 2 heterocycles. The molecule has 1 fully saturated rings. The van der Waals surface area contributed by atoms with Gasteiger partial charge in [-0.3, -0.25) is 0 Å². The molecule has 1 aliphatic heterocycles. The number of hydrogen-bond acceptors (Lipinski definition) is 3. The first-order chi connectivity index (χ1) is 5.86. The second-order valence-corrected chi connectivity index (χ2v) is 4.20. The van der Waals surface area contributed by atoms with Crippen molar-refractivity contribution in [1.29, 1.82) is 0 Å². The summed E-state index contributed by atoms with van der Waals surface area (Å²) in [5.74, 6) is 0. The molecular weight excluding hydrogens is 172 g/mol. The van der Waals surface area contributed by atoms with Crippen molar-refractivity contribution in [2.45, 2.75) is 13.0 Å². The molecule has 0 N–H and O–H groups in total. The molecule has 2 rings (SSSR count). The van der Waals surface area contributed by atoms with Crippen molar-refractivity contribution in [3.63, 3.8) is 0 Å². The second-order valence-electron chi connectivity index (χ2n) is 2.88. The van der Waals surface area contributed by atoms with Gasteiger partial charge >= 0.3 is 0 Å². The summed E-state index contributed by atoms with van der Waals surface area (Å²) < 4.78 is 10.9. The SMILES string of the molecule is Cc1ccc(C2COCCO2)s1. The maximum Gasteiger partial charge on any atom is 0.115 e. The van der Waals surface area contributed by atoms with Crippen molar-refractivity contribution >= 4 is 11.3 Å². The first-order valence-corrected chi connectivity index (χ1v) is 4.93. The average Bonchev–Trinajstić information content (AvgIpc) is 2.54. The largest absolute Gasteiger partial charge is 0.376 e. The molecule has 1 aromatic rings. The van der Waals surface area contributed by atoms with Crippen LogP contribution >= 0.6 is 11.3 Å². The van der Waals surface area contributed by atoms with Gasteiger partial charge in [-0.25, -0.2) is 0 Å². The van der Waals surface area contributed by atoms with Gasteiger partial charge in [-0.1, -0.05) is 0 Å². The van der Waals surface area contributed by atoms with Gasteiger partial charge in [0.15, 0.2) is 0 Å². The fourth-order valence-electron chi connectivity index (χ4n) is 1.28. The third-order valence-electron chi connectivity index (χ3n) is 1.89. The summed E-state index contributed by atoms with van der Waals surface area (Å²) in [6.45, 7) is 4.28. The molecule has 2 nitrogen and oxygen atoms in total. The predicted molar refractivity (Wildman–Crippen MR) is 48.6 cm³/mol. The van der Waals surface area contributed by atoms with Crippen LogP contribution in [-0.4, -0.2) is 19.8 Å². The maximum absolute atomic E-state index is 5.56. The van der Waals surface area contributed by atoms with Crippen molar-refractivity contribution in [2.24, 2.45) is 0 Å². The van der Waals surface area contributed by atoms with E-state index in [1.807, 2.05) is 0 Å². The normalized spacial score (nSPS) is 24.2. The molecule has 1 aromatic heterocycles. The Morgan fingerprint density at radius 1 is 1.42 bits per heavy atom. The van der Waals surface area contributed by atoms with Gasteiger partial charge in [0.05, 0.1) is 19.8 Å². The molecule has 0 aromatic carbocycles. The minimum absolute atomic E-state index is 0.178. The molecule has 0 bridgehead atoms. The number of aryl methyl sites for hydroxylation is 1. The molecule has 1 saturated heterocycles. The third kappa shape index (κ3) is 1.68. The lowest BCUT2D eigenvalue weighted by Gasteiger charge is -2.21.